The van der Waals surface area contributed by atoms with Crippen molar-refractivity contribution in [1.82, 2.24) is 10.0 Å². The molecule has 36 heavy (non-hydrogen) atoms. The van der Waals surface area contributed by atoms with E-state index in [0.29, 0.717) is 31.9 Å². The van der Waals surface area contributed by atoms with Crippen LogP contribution in [-0.2, 0) is 12.1 Å². The number of hydrogen-bond acceptors (Lipinski definition) is 5. The number of alkyl halides is 6. The van der Waals surface area contributed by atoms with E-state index in [-0.39, 0.29) is 36.1 Å². The first kappa shape index (κ1) is 25.9. The zero-order chi connectivity index (χ0) is 25.9. The van der Waals surface area contributed by atoms with Crippen molar-refractivity contribution in [3.63, 3.8) is 0 Å². The topological polar surface area (TPSA) is 43.8 Å². The summed E-state index contributed by atoms with van der Waals surface area (Å²) in [6.07, 6.45) is -2.22. The molecule has 0 spiro atoms. The number of halogens is 6. The molecule has 0 radical (unpaired) electrons. The first-order chi connectivity index (χ1) is 17.1. The number of benzene rings is 1. The third-order valence-corrected chi connectivity index (χ3v) is 5.85. The molecule has 11 heteroatoms. The van der Waals surface area contributed by atoms with Crippen LogP contribution in [0.5, 0.6) is 17.4 Å². The van der Waals surface area contributed by atoms with Crippen LogP contribution in [0.2, 0.25) is 0 Å². The lowest BCUT2D eigenvalue weighted by Crippen LogP contribution is -2.54. The Bertz CT molecular complexity index is 1110. The summed E-state index contributed by atoms with van der Waals surface area (Å²) in [4.78, 5) is 9.54. The fourth-order valence-corrected chi connectivity index (χ4v) is 4.06. The Morgan fingerprint density at radius 3 is 2.47 bits per heavy atom. The van der Waals surface area contributed by atoms with Crippen molar-refractivity contribution < 1.29 is 40.7 Å². The summed E-state index contributed by atoms with van der Waals surface area (Å²) < 4.78 is 90.7. The summed E-state index contributed by atoms with van der Waals surface area (Å²) in [5.74, 6) is 2.84. The molecule has 0 unspecified atom stereocenters. The summed E-state index contributed by atoms with van der Waals surface area (Å²) in [7, 11) is 0. The van der Waals surface area contributed by atoms with E-state index >= 15 is 0 Å². The molecule has 1 saturated heterocycles. The highest BCUT2D eigenvalue weighted by Gasteiger charge is 2.40. The molecule has 2 aromatic rings. The van der Waals surface area contributed by atoms with E-state index in [2.05, 4.69) is 16.8 Å². The lowest BCUT2D eigenvalue weighted by atomic mass is 9.90. The van der Waals surface area contributed by atoms with Crippen LogP contribution in [0.25, 0.3) is 0 Å². The number of fused-ring (bicyclic) bond motifs is 2. The summed E-state index contributed by atoms with van der Waals surface area (Å²) in [6, 6.07) is 4.97. The maximum absolute atomic E-state index is 13.9. The molecule has 2 aliphatic heterocycles. The van der Waals surface area contributed by atoms with Gasteiger partial charge in [-0.15, -0.1) is 5.06 Å². The highest BCUT2D eigenvalue weighted by Crippen LogP contribution is 2.39. The van der Waals surface area contributed by atoms with Crippen molar-refractivity contribution in [3.8, 4) is 29.2 Å². The highest BCUT2D eigenvalue weighted by molar-refractivity contribution is 5.44. The van der Waals surface area contributed by atoms with E-state index < -0.39 is 35.9 Å². The average Bonchev–Trinajstić information content (AvgIpc) is 2.83. The summed E-state index contributed by atoms with van der Waals surface area (Å²) in [6.45, 7) is 0.306. The third kappa shape index (κ3) is 5.81. The number of aromatic nitrogens is 1. The van der Waals surface area contributed by atoms with Crippen LogP contribution in [0.4, 0.5) is 26.3 Å². The summed E-state index contributed by atoms with van der Waals surface area (Å²) in [5, 5.41) is 1.62. The molecule has 3 heterocycles. The summed E-state index contributed by atoms with van der Waals surface area (Å²) in [5.41, 5.74) is -1.38. The predicted octanol–water partition coefficient (Wildman–Crippen LogP) is 5.93. The van der Waals surface area contributed by atoms with Gasteiger partial charge in [0.15, 0.2) is 18.2 Å². The van der Waals surface area contributed by atoms with Gasteiger partial charge in [0, 0.05) is 37.1 Å². The van der Waals surface area contributed by atoms with Crippen molar-refractivity contribution in [3.05, 3.63) is 47.7 Å². The third-order valence-electron chi connectivity index (χ3n) is 5.85. The Balaban J connectivity index is 1.47. The van der Waals surface area contributed by atoms with Gasteiger partial charge in [-0.2, -0.15) is 22.0 Å². The average molecular weight is 514 g/mol. The van der Waals surface area contributed by atoms with E-state index in [9.17, 15) is 26.3 Å². The molecule has 0 saturated carbocycles. The Hall–Kier alpha value is -3.13. The van der Waals surface area contributed by atoms with Crippen molar-refractivity contribution in [1.29, 1.82) is 0 Å². The van der Waals surface area contributed by atoms with Gasteiger partial charge in [-0.25, -0.2) is 9.37 Å². The molecule has 0 amide bonds. The van der Waals surface area contributed by atoms with Crippen LogP contribution in [0.3, 0.4) is 0 Å². The number of ether oxygens (including phenoxy) is 2. The van der Waals surface area contributed by atoms with Gasteiger partial charge >= 0.3 is 12.1 Å². The van der Waals surface area contributed by atoms with Crippen LogP contribution >= 0.6 is 0 Å². The largest absolute Gasteiger partial charge is 0.490 e. The fourth-order valence-electron chi connectivity index (χ4n) is 4.06. The minimum atomic E-state index is -4.50. The summed E-state index contributed by atoms with van der Waals surface area (Å²) >= 11 is 0. The van der Waals surface area contributed by atoms with Crippen LogP contribution in [0, 0.1) is 11.8 Å². The van der Waals surface area contributed by atoms with E-state index in [4.69, 9.17) is 14.3 Å². The van der Waals surface area contributed by atoms with Gasteiger partial charge in [0.25, 0.3) is 0 Å². The quantitative estimate of drug-likeness (QED) is 0.307. The first-order valence-electron chi connectivity index (χ1n) is 11.5. The van der Waals surface area contributed by atoms with Crippen LogP contribution < -0.4 is 14.3 Å². The van der Waals surface area contributed by atoms with Gasteiger partial charge < -0.3 is 14.3 Å². The van der Waals surface area contributed by atoms with Crippen molar-refractivity contribution in [2.45, 2.75) is 62.9 Å². The van der Waals surface area contributed by atoms with E-state index in [1.165, 1.54) is 6.07 Å². The Morgan fingerprint density at radius 2 is 1.83 bits per heavy atom. The van der Waals surface area contributed by atoms with Crippen molar-refractivity contribution in [2.24, 2.45) is 0 Å². The number of rotatable bonds is 9. The SMILES string of the molecule is CCCOc1cc(C(F)(F)CF)ccc1O[C@H]1C[C@H]2CC#C[C@@H](C1)N2Oc1ccc(C(F)(F)F)cn1. The van der Waals surface area contributed by atoms with Gasteiger partial charge in [0.1, 0.15) is 12.1 Å². The molecule has 4 rings (SSSR count). The van der Waals surface area contributed by atoms with Gasteiger partial charge in [-0.3, -0.25) is 0 Å². The zero-order valence-electron chi connectivity index (χ0n) is 19.3. The standard InChI is InChI=1S/C25H24F6N2O3/c1-2-10-34-22-11-16(24(27,28)15-26)6-8-21(22)35-20-12-18-4-3-5-19(13-20)33(18)36-23-9-7-17(14-32-23)25(29,30)31/h6-9,11,14,18-20H,2,4,10,12-13,15H2,1H3/t18-,19+,20+/m1/s1. The van der Waals surface area contributed by atoms with Crippen molar-refractivity contribution >= 4 is 0 Å². The second kappa shape index (κ2) is 10.5. The smallest absolute Gasteiger partial charge is 0.417 e. The molecule has 0 aliphatic carbocycles. The zero-order valence-corrected chi connectivity index (χ0v) is 19.3. The number of pyridine rings is 1. The molecule has 0 N–H and O–H groups in total. The number of hydrogen-bond donors (Lipinski definition) is 0. The maximum Gasteiger partial charge on any atom is 0.417 e. The maximum atomic E-state index is 13.9. The monoisotopic (exact) mass is 514 g/mol. The minimum absolute atomic E-state index is 0.0145. The molecular formula is C25H24F6N2O3. The van der Waals surface area contributed by atoms with E-state index in [1.807, 2.05) is 6.92 Å². The van der Waals surface area contributed by atoms with E-state index in [0.717, 1.165) is 24.3 Å². The Morgan fingerprint density at radius 1 is 1.06 bits per heavy atom. The molecule has 1 aromatic carbocycles. The normalized spacial score (nSPS) is 21.9. The molecule has 3 atom stereocenters. The molecule has 1 fully saturated rings. The molecule has 1 aromatic heterocycles. The van der Waals surface area contributed by atoms with Crippen LogP contribution in [0.1, 0.15) is 43.7 Å². The fraction of sp³-hybridized carbons (Fsp3) is 0.480. The van der Waals surface area contributed by atoms with Gasteiger partial charge in [-0.1, -0.05) is 18.8 Å². The molecular weight excluding hydrogens is 490 g/mol. The van der Waals surface area contributed by atoms with E-state index in [1.54, 1.807) is 5.06 Å². The number of piperidine rings is 1. The Labute approximate surface area is 204 Å². The van der Waals surface area contributed by atoms with Crippen LogP contribution in [-0.4, -0.2) is 41.5 Å². The Kier molecular flexibility index (Phi) is 7.54. The second-order valence-electron chi connectivity index (χ2n) is 8.59. The predicted molar refractivity (Wildman–Crippen MR) is 117 cm³/mol. The molecule has 2 aliphatic rings. The number of hydroxylamine groups is 2. The molecule has 5 nitrogen and oxygen atoms in total. The number of nitrogens with zero attached hydrogens (tertiary/aromatic N) is 2. The lowest BCUT2D eigenvalue weighted by molar-refractivity contribution is -0.154. The van der Waals surface area contributed by atoms with Gasteiger partial charge in [0.2, 0.25) is 5.88 Å². The minimum Gasteiger partial charge on any atom is -0.490 e. The lowest BCUT2D eigenvalue weighted by Gasteiger charge is -2.42. The van der Waals surface area contributed by atoms with Crippen LogP contribution in [0.15, 0.2) is 36.5 Å². The highest BCUT2D eigenvalue weighted by atomic mass is 19.4. The van der Waals surface area contributed by atoms with Gasteiger partial charge in [0.05, 0.1) is 18.2 Å². The second-order valence-corrected chi connectivity index (χ2v) is 8.59. The van der Waals surface area contributed by atoms with Gasteiger partial charge in [-0.05, 0) is 30.7 Å². The molecule has 194 valence electrons. The first-order valence-corrected chi connectivity index (χ1v) is 11.5. The molecule has 2 bridgehead atoms. The van der Waals surface area contributed by atoms with Crippen molar-refractivity contribution in [2.75, 3.05) is 13.3 Å².